The lowest BCUT2D eigenvalue weighted by Crippen LogP contribution is -2.00. The van der Waals surface area contributed by atoms with Crippen LogP contribution in [-0.2, 0) is 13.1 Å². The van der Waals surface area contributed by atoms with Crippen LogP contribution in [0.1, 0.15) is 11.1 Å². The number of rotatable bonds is 4. The van der Waals surface area contributed by atoms with Gasteiger partial charge < -0.3 is 15.0 Å². The van der Waals surface area contributed by atoms with Gasteiger partial charge in [0.1, 0.15) is 11.6 Å². The van der Waals surface area contributed by atoms with Crippen molar-refractivity contribution in [2.45, 2.75) is 13.1 Å². The van der Waals surface area contributed by atoms with Gasteiger partial charge in [-0.1, -0.05) is 6.07 Å². The Kier molecular flexibility index (Phi) is 3.44. The van der Waals surface area contributed by atoms with Crippen LogP contribution >= 0.6 is 0 Å². The predicted octanol–water partition coefficient (Wildman–Crippen LogP) is 2.14. The molecule has 17 heavy (non-hydrogen) atoms. The average molecular weight is 234 g/mol. The number of ether oxygens (including phenoxy) is 1. The molecule has 0 unspecified atom stereocenters. The van der Waals surface area contributed by atoms with E-state index in [1.165, 1.54) is 13.2 Å². The molecule has 1 aromatic carbocycles. The summed E-state index contributed by atoms with van der Waals surface area (Å²) in [7, 11) is 1.52. The summed E-state index contributed by atoms with van der Waals surface area (Å²) in [5.41, 5.74) is 7.19. The summed E-state index contributed by atoms with van der Waals surface area (Å²) in [5, 5.41) is 0. The van der Waals surface area contributed by atoms with Gasteiger partial charge in [0.15, 0.2) is 0 Å². The molecule has 2 N–H and O–H groups in total. The van der Waals surface area contributed by atoms with Gasteiger partial charge in [0, 0.05) is 37.1 Å². The molecule has 3 nitrogen and oxygen atoms in total. The van der Waals surface area contributed by atoms with E-state index in [9.17, 15) is 4.39 Å². The SMILES string of the molecule is COc1ccc(Cn2ccc(CN)c2)c(F)c1. The molecule has 1 heterocycles. The molecule has 0 aliphatic carbocycles. The molecule has 0 aliphatic heterocycles. The molecule has 0 amide bonds. The molecular formula is C13H15FN2O. The van der Waals surface area contributed by atoms with Gasteiger partial charge >= 0.3 is 0 Å². The van der Waals surface area contributed by atoms with Crippen LogP contribution in [0.2, 0.25) is 0 Å². The van der Waals surface area contributed by atoms with Gasteiger partial charge in [-0.25, -0.2) is 4.39 Å². The van der Waals surface area contributed by atoms with Crippen LogP contribution < -0.4 is 10.5 Å². The number of hydrogen-bond acceptors (Lipinski definition) is 2. The van der Waals surface area contributed by atoms with Crippen LogP contribution in [0.25, 0.3) is 0 Å². The van der Waals surface area contributed by atoms with Gasteiger partial charge in [0.2, 0.25) is 0 Å². The monoisotopic (exact) mass is 234 g/mol. The smallest absolute Gasteiger partial charge is 0.131 e. The van der Waals surface area contributed by atoms with Crippen LogP contribution in [0.3, 0.4) is 0 Å². The van der Waals surface area contributed by atoms with E-state index in [1.807, 2.05) is 23.0 Å². The van der Waals surface area contributed by atoms with Crippen molar-refractivity contribution in [2.24, 2.45) is 5.73 Å². The van der Waals surface area contributed by atoms with Crippen LogP contribution in [0.15, 0.2) is 36.7 Å². The summed E-state index contributed by atoms with van der Waals surface area (Å²) in [5.74, 6) is 0.272. The molecular weight excluding hydrogens is 219 g/mol. The molecule has 2 aromatic rings. The third-order valence-corrected chi connectivity index (χ3v) is 2.66. The fourth-order valence-electron chi connectivity index (χ4n) is 1.69. The topological polar surface area (TPSA) is 40.2 Å². The molecule has 1 aromatic heterocycles. The third kappa shape index (κ3) is 2.65. The van der Waals surface area contributed by atoms with Crippen molar-refractivity contribution in [1.29, 1.82) is 0 Å². The summed E-state index contributed by atoms with van der Waals surface area (Å²) in [6.07, 6.45) is 3.82. The van der Waals surface area contributed by atoms with Crippen molar-refractivity contribution in [3.8, 4) is 5.75 Å². The fraction of sp³-hybridized carbons (Fsp3) is 0.231. The van der Waals surface area contributed by atoms with Crippen LogP contribution in [0, 0.1) is 5.82 Å². The molecule has 0 aliphatic rings. The third-order valence-electron chi connectivity index (χ3n) is 2.66. The number of nitrogens with zero attached hydrogens (tertiary/aromatic N) is 1. The second-order valence-electron chi connectivity index (χ2n) is 3.85. The minimum Gasteiger partial charge on any atom is -0.497 e. The molecule has 0 atom stereocenters. The van der Waals surface area contributed by atoms with E-state index >= 15 is 0 Å². The van der Waals surface area contributed by atoms with E-state index in [-0.39, 0.29) is 5.82 Å². The van der Waals surface area contributed by atoms with Gasteiger partial charge in [-0.05, 0) is 17.7 Å². The molecule has 0 bridgehead atoms. The quantitative estimate of drug-likeness (QED) is 0.880. The van der Waals surface area contributed by atoms with Gasteiger partial charge in [0.05, 0.1) is 7.11 Å². The zero-order chi connectivity index (χ0) is 12.3. The highest BCUT2D eigenvalue weighted by Gasteiger charge is 2.05. The summed E-state index contributed by atoms with van der Waals surface area (Å²) in [6, 6.07) is 6.81. The van der Waals surface area contributed by atoms with Gasteiger partial charge in [-0.2, -0.15) is 0 Å². The van der Waals surface area contributed by atoms with Crippen molar-refractivity contribution < 1.29 is 9.13 Å². The first-order valence-corrected chi connectivity index (χ1v) is 5.40. The standard InChI is InChI=1S/C13H15FN2O/c1-17-12-3-2-11(13(14)6-12)9-16-5-4-10(7-15)8-16/h2-6,8H,7,9,15H2,1H3. The Morgan fingerprint density at radius 1 is 1.35 bits per heavy atom. The van der Waals surface area contributed by atoms with E-state index < -0.39 is 0 Å². The fourth-order valence-corrected chi connectivity index (χ4v) is 1.69. The maximum absolute atomic E-state index is 13.7. The number of benzene rings is 1. The molecule has 90 valence electrons. The van der Waals surface area contributed by atoms with E-state index in [2.05, 4.69) is 0 Å². The van der Waals surface area contributed by atoms with Crippen LogP contribution in [0.5, 0.6) is 5.75 Å². The second kappa shape index (κ2) is 5.01. The lowest BCUT2D eigenvalue weighted by Gasteiger charge is -2.06. The van der Waals surface area contributed by atoms with E-state index in [4.69, 9.17) is 10.5 Å². The Balaban J connectivity index is 2.18. The zero-order valence-electron chi connectivity index (χ0n) is 9.69. The molecule has 0 saturated heterocycles. The van der Waals surface area contributed by atoms with Crippen molar-refractivity contribution in [3.05, 3.63) is 53.6 Å². The highest BCUT2D eigenvalue weighted by Crippen LogP contribution is 2.17. The highest BCUT2D eigenvalue weighted by molar-refractivity contribution is 5.29. The minimum atomic E-state index is -0.257. The first-order valence-electron chi connectivity index (χ1n) is 5.40. The Hall–Kier alpha value is -1.81. The lowest BCUT2D eigenvalue weighted by atomic mass is 10.2. The first kappa shape index (κ1) is 11.7. The predicted molar refractivity (Wildman–Crippen MR) is 64.4 cm³/mol. The lowest BCUT2D eigenvalue weighted by molar-refractivity contribution is 0.410. The summed E-state index contributed by atoms with van der Waals surface area (Å²) in [6.45, 7) is 0.994. The molecule has 0 saturated carbocycles. The van der Waals surface area contributed by atoms with E-state index in [0.717, 1.165) is 5.56 Å². The minimum absolute atomic E-state index is 0.257. The van der Waals surface area contributed by atoms with Crippen LogP contribution in [0.4, 0.5) is 4.39 Å². The summed E-state index contributed by atoms with van der Waals surface area (Å²) >= 11 is 0. The van der Waals surface area contributed by atoms with E-state index in [1.54, 1.807) is 12.1 Å². The number of nitrogens with two attached hydrogens (primary N) is 1. The summed E-state index contributed by atoms with van der Waals surface area (Å²) in [4.78, 5) is 0. The number of aromatic nitrogens is 1. The molecule has 0 spiro atoms. The Labute approximate surface area is 99.6 Å². The number of methoxy groups -OCH3 is 1. The number of hydrogen-bond donors (Lipinski definition) is 1. The summed E-state index contributed by atoms with van der Waals surface area (Å²) < 4.78 is 20.6. The first-order chi connectivity index (χ1) is 8.22. The Morgan fingerprint density at radius 3 is 2.76 bits per heavy atom. The van der Waals surface area contributed by atoms with Crippen molar-refractivity contribution in [1.82, 2.24) is 4.57 Å². The van der Waals surface area contributed by atoms with Gasteiger partial charge in [-0.3, -0.25) is 0 Å². The molecule has 4 heteroatoms. The zero-order valence-corrected chi connectivity index (χ0v) is 9.69. The van der Waals surface area contributed by atoms with Gasteiger partial charge in [-0.15, -0.1) is 0 Å². The average Bonchev–Trinajstić information content (AvgIpc) is 2.79. The Bertz CT molecular complexity index is 508. The van der Waals surface area contributed by atoms with Gasteiger partial charge in [0.25, 0.3) is 0 Å². The molecule has 2 rings (SSSR count). The van der Waals surface area contributed by atoms with Crippen molar-refractivity contribution in [2.75, 3.05) is 7.11 Å². The maximum atomic E-state index is 13.7. The normalized spacial score (nSPS) is 10.5. The largest absolute Gasteiger partial charge is 0.497 e. The van der Waals surface area contributed by atoms with Crippen LogP contribution in [-0.4, -0.2) is 11.7 Å². The second-order valence-corrected chi connectivity index (χ2v) is 3.85. The number of halogens is 1. The molecule has 0 radical (unpaired) electrons. The van der Waals surface area contributed by atoms with Crippen molar-refractivity contribution in [3.63, 3.8) is 0 Å². The highest BCUT2D eigenvalue weighted by atomic mass is 19.1. The molecule has 0 fully saturated rings. The van der Waals surface area contributed by atoms with Crippen molar-refractivity contribution >= 4 is 0 Å². The Morgan fingerprint density at radius 2 is 2.18 bits per heavy atom. The maximum Gasteiger partial charge on any atom is 0.131 e. The van der Waals surface area contributed by atoms with E-state index in [0.29, 0.717) is 24.4 Å².